The number of hydrogen-bond donors (Lipinski definition) is 4. The number of carbonyl (C=O) groups excluding carboxylic acids is 2. The van der Waals surface area contributed by atoms with Crippen molar-refractivity contribution < 1.29 is 19.5 Å². The first kappa shape index (κ1) is 27.2. The Labute approximate surface area is 240 Å². The average molecular weight is 578 g/mol. The molecule has 2 atom stereocenters. The number of fused-ring (bicyclic) bond motifs is 1. The molecule has 0 saturated heterocycles. The van der Waals surface area contributed by atoms with Crippen molar-refractivity contribution in [2.24, 2.45) is 0 Å². The van der Waals surface area contributed by atoms with E-state index in [0.717, 1.165) is 29.5 Å². The number of aryl methyl sites for hydroxylation is 1. The molecule has 11 heteroatoms. The summed E-state index contributed by atoms with van der Waals surface area (Å²) in [5, 5.41) is 21.9. The summed E-state index contributed by atoms with van der Waals surface area (Å²) in [5.74, 6) is -2.13. The molecule has 0 bridgehead atoms. The molecule has 0 fully saturated rings. The Balaban J connectivity index is 1.27. The molecule has 0 saturated carbocycles. The second kappa shape index (κ2) is 11.8. The second-order valence-corrected chi connectivity index (χ2v) is 10.1. The van der Waals surface area contributed by atoms with Crippen LogP contribution >= 0.6 is 23.2 Å². The molecule has 5 rings (SSSR count). The summed E-state index contributed by atoms with van der Waals surface area (Å²) in [6.45, 7) is -0.351. The van der Waals surface area contributed by atoms with Gasteiger partial charge in [-0.15, -0.1) is 0 Å². The van der Waals surface area contributed by atoms with Crippen molar-refractivity contribution in [2.45, 2.75) is 24.9 Å². The molecule has 0 unspecified atom stereocenters. The summed E-state index contributed by atoms with van der Waals surface area (Å²) in [5.41, 5.74) is 4.29. The fourth-order valence-electron chi connectivity index (χ4n) is 4.70. The smallest absolute Gasteiger partial charge is 0.328 e. The molecule has 1 aliphatic carbocycles. The van der Waals surface area contributed by atoms with Crippen LogP contribution in [0.2, 0.25) is 10.0 Å². The van der Waals surface area contributed by atoms with Gasteiger partial charge >= 0.3 is 12.0 Å². The van der Waals surface area contributed by atoms with E-state index in [1.165, 1.54) is 16.3 Å². The predicted octanol–water partition coefficient (Wildman–Crippen LogP) is 5.02. The molecule has 4 aromatic rings. The Morgan fingerprint density at radius 1 is 1.00 bits per heavy atom. The van der Waals surface area contributed by atoms with E-state index in [9.17, 15) is 19.5 Å². The van der Waals surface area contributed by atoms with Gasteiger partial charge in [0.2, 0.25) is 0 Å². The number of carboxylic acids is 1. The van der Waals surface area contributed by atoms with E-state index in [0.29, 0.717) is 5.69 Å². The van der Waals surface area contributed by atoms with E-state index in [2.05, 4.69) is 21.0 Å². The molecule has 4 N–H and O–H groups in total. The van der Waals surface area contributed by atoms with Crippen LogP contribution in [0.3, 0.4) is 0 Å². The first-order chi connectivity index (χ1) is 19.3. The second-order valence-electron chi connectivity index (χ2n) is 9.30. The minimum atomic E-state index is -1.43. The van der Waals surface area contributed by atoms with E-state index in [-0.39, 0.29) is 28.2 Å². The van der Waals surface area contributed by atoms with E-state index in [1.54, 1.807) is 18.5 Å². The molecule has 204 valence electrons. The number of benzene rings is 3. The third-order valence-electron chi connectivity index (χ3n) is 6.74. The van der Waals surface area contributed by atoms with E-state index >= 15 is 0 Å². The van der Waals surface area contributed by atoms with Crippen LogP contribution in [-0.2, 0) is 11.2 Å². The number of aliphatic carboxylic acids is 1. The van der Waals surface area contributed by atoms with Crippen molar-refractivity contribution in [2.75, 3.05) is 6.54 Å². The summed E-state index contributed by atoms with van der Waals surface area (Å²) in [6.07, 6.45) is 5.03. The molecule has 9 nitrogen and oxygen atoms in total. The largest absolute Gasteiger partial charge is 0.480 e. The predicted molar refractivity (Wildman–Crippen MR) is 152 cm³/mol. The van der Waals surface area contributed by atoms with Gasteiger partial charge in [0, 0.05) is 11.8 Å². The molecule has 0 radical (unpaired) electrons. The monoisotopic (exact) mass is 577 g/mol. The molecule has 0 aliphatic heterocycles. The minimum Gasteiger partial charge on any atom is -0.480 e. The normalized spacial score (nSPS) is 14.7. The van der Waals surface area contributed by atoms with Crippen LogP contribution in [0.1, 0.15) is 33.9 Å². The SMILES string of the molecule is O=C(NC[C@H](NC(=O)c1c(Cl)ccc(-n2cc(-c3ccccc3)cn2)c1Cl)C(=O)O)N[C@@H]1CCc2ccccc21. The molecule has 1 aliphatic rings. The van der Waals surface area contributed by atoms with Crippen molar-refractivity contribution in [3.05, 3.63) is 106 Å². The van der Waals surface area contributed by atoms with Crippen LogP contribution in [0, 0.1) is 0 Å². The van der Waals surface area contributed by atoms with Crippen molar-refractivity contribution >= 4 is 41.1 Å². The number of halogens is 2. The highest BCUT2D eigenvalue weighted by molar-refractivity contribution is 6.40. The quantitative estimate of drug-likeness (QED) is 0.234. The number of carboxylic acid groups (broad SMARTS) is 1. The van der Waals surface area contributed by atoms with E-state index in [4.69, 9.17) is 23.2 Å². The average Bonchev–Trinajstić information content (AvgIpc) is 3.59. The fourth-order valence-corrected chi connectivity index (χ4v) is 5.33. The zero-order chi connectivity index (χ0) is 28.2. The Morgan fingerprint density at radius 3 is 2.52 bits per heavy atom. The first-order valence-corrected chi connectivity index (χ1v) is 13.3. The maximum Gasteiger partial charge on any atom is 0.328 e. The van der Waals surface area contributed by atoms with Gasteiger partial charge in [-0.1, -0.05) is 77.8 Å². The fraction of sp³-hybridized carbons (Fsp3) is 0.172. The molecule has 1 heterocycles. The maximum atomic E-state index is 13.2. The zero-order valence-electron chi connectivity index (χ0n) is 21.1. The molecule has 3 amide bonds. The first-order valence-electron chi connectivity index (χ1n) is 12.6. The topological polar surface area (TPSA) is 125 Å². The van der Waals surface area contributed by atoms with Crippen molar-refractivity contribution in [3.8, 4) is 16.8 Å². The molecule has 40 heavy (non-hydrogen) atoms. The van der Waals surface area contributed by atoms with Crippen LogP contribution in [0.4, 0.5) is 4.79 Å². The highest BCUT2D eigenvalue weighted by Gasteiger charge is 2.27. The highest BCUT2D eigenvalue weighted by atomic mass is 35.5. The number of aromatic nitrogens is 2. The number of carbonyl (C=O) groups is 3. The number of rotatable bonds is 8. The summed E-state index contributed by atoms with van der Waals surface area (Å²) < 4.78 is 1.51. The molecule has 1 aromatic heterocycles. The lowest BCUT2D eigenvalue weighted by Crippen LogP contribution is -2.50. The van der Waals surface area contributed by atoms with Gasteiger partial charge < -0.3 is 21.1 Å². The zero-order valence-corrected chi connectivity index (χ0v) is 22.6. The lowest BCUT2D eigenvalue weighted by Gasteiger charge is -2.19. The number of hydrogen-bond acceptors (Lipinski definition) is 4. The number of nitrogens with one attached hydrogen (secondary N) is 3. The van der Waals surface area contributed by atoms with Gasteiger partial charge in [0.15, 0.2) is 0 Å². The van der Waals surface area contributed by atoms with Gasteiger partial charge in [0.25, 0.3) is 5.91 Å². The van der Waals surface area contributed by atoms with Gasteiger partial charge in [0.1, 0.15) is 6.04 Å². The molecule has 0 spiro atoms. The summed E-state index contributed by atoms with van der Waals surface area (Å²) >= 11 is 12.9. The molecular formula is C29H25Cl2N5O4. The Hall–Kier alpha value is -4.34. The Morgan fingerprint density at radius 2 is 1.75 bits per heavy atom. The maximum absolute atomic E-state index is 13.2. The summed E-state index contributed by atoms with van der Waals surface area (Å²) in [7, 11) is 0. The standard InChI is InChI=1S/C29H25Cl2N5O4/c30-21-11-13-24(36-16-19(14-33-36)17-6-2-1-3-7-17)26(31)25(21)27(37)34-23(28(38)39)15-32-29(40)35-22-12-10-18-8-4-5-9-20(18)22/h1-9,11,13-14,16,22-23H,10,12,15H2,(H,34,37)(H,38,39)(H2,32,35,40)/t22-,23+/m1/s1. The lowest BCUT2D eigenvalue weighted by molar-refractivity contribution is -0.139. The summed E-state index contributed by atoms with van der Waals surface area (Å²) in [6, 6.07) is 18.4. The lowest BCUT2D eigenvalue weighted by atomic mass is 10.1. The number of nitrogens with zero attached hydrogens (tertiary/aromatic N) is 2. The van der Waals surface area contributed by atoms with Gasteiger partial charge in [-0.25, -0.2) is 14.3 Å². The van der Waals surface area contributed by atoms with Crippen molar-refractivity contribution in [1.82, 2.24) is 25.7 Å². The molecular weight excluding hydrogens is 553 g/mol. The minimum absolute atomic E-state index is 0.00227. The highest BCUT2D eigenvalue weighted by Crippen LogP contribution is 2.32. The third kappa shape index (κ3) is 5.80. The van der Waals surface area contributed by atoms with Crippen LogP contribution in [0.5, 0.6) is 0 Å². The Kier molecular flexibility index (Phi) is 8.04. The van der Waals surface area contributed by atoms with Crippen LogP contribution in [0.15, 0.2) is 79.1 Å². The van der Waals surface area contributed by atoms with Gasteiger partial charge in [-0.05, 0) is 41.7 Å². The van der Waals surface area contributed by atoms with Gasteiger partial charge in [0.05, 0.1) is 40.1 Å². The van der Waals surface area contributed by atoms with Gasteiger partial charge in [-0.2, -0.15) is 5.10 Å². The number of urea groups is 1. The third-order valence-corrected chi connectivity index (χ3v) is 7.44. The summed E-state index contributed by atoms with van der Waals surface area (Å²) in [4.78, 5) is 37.6. The Bertz CT molecular complexity index is 1570. The molecule has 3 aromatic carbocycles. The van der Waals surface area contributed by atoms with Crippen LogP contribution in [-0.4, -0.2) is 45.4 Å². The van der Waals surface area contributed by atoms with E-state index < -0.39 is 23.9 Å². The van der Waals surface area contributed by atoms with Crippen molar-refractivity contribution in [1.29, 1.82) is 0 Å². The van der Waals surface area contributed by atoms with Crippen LogP contribution in [0.25, 0.3) is 16.8 Å². The van der Waals surface area contributed by atoms with E-state index in [1.807, 2.05) is 54.6 Å². The van der Waals surface area contributed by atoms with Gasteiger partial charge in [-0.3, -0.25) is 4.79 Å². The number of amides is 3. The van der Waals surface area contributed by atoms with Crippen molar-refractivity contribution in [3.63, 3.8) is 0 Å². The van der Waals surface area contributed by atoms with Crippen LogP contribution < -0.4 is 16.0 Å².